The minimum atomic E-state index is -0.977. The quantitative estimate of drug-likeness (QED) is 0.853. The molecule has 1 aromatic carbocycles. The van der Waals surface area contributed by atoms with Crippen LogP contribution in [0.25, 0.3) is 0 Å². The molecular weight excluding hydrogens is 256 g/mol. The van der Waals surface area contributed by atoms with Crippen LogP contribution in [-0.2, 0) is 15.3 Å². The van der Waals surface area contributed by atoms with E-state index in [1.807, 2.05) is 18.2 Å². The van der Waals surface area contributed by atoms with E-state index in [4.69, 9.17) is 9.47 Å². The topological polar surface area (TPSA) is 55.8 Å². The molecular formula is C16H20O4. The standard InChI is InChI=1S/C16H20O4/c1-15(2)9-19-16(20-10-15)11(8-17)7-14(18)12-5-3-4-6-13(12)16/h3-6,11,17H,7-10H2,1-2H3. The predicted octanol–water partition coefficient (Wildman–Crippen LogP) is 2.11. The van der Waals surface area contributed by atoms with Crippen molar-refractivity contribution in [2.24, 2.45) is 11.3 Å². The molecule has 0 aromatic heterocycles. The van der Waals surface area contributed by atoms with E-state index in [0.717, 1.165) is 5.56 Å². The van der Waals surface area contributed by atoms with Crippen LogP contribution in [0.15, 0.2) is 24.3 Å². The lowest BCUT2D eigenvalue weighted by Gasteiger charge is -2.49. The first-order valence-corrected chi connectivity index (χ1v) is 7.00. The summed E-state index contributed by atoms with van der Waals surface area (Å²) in [5.74, 6) is -1.28. The van der Waals surface area contributed by atoms with Crippen molar-refractivity contribution < 1.29 is 19.4 Å². The van der Waals surface area contributed by atoms with Gasteiger partial charge in [-0.15, -0.1) is 0 Å². The SMILES string of the molecule is CC1(C)COC2(OC1)c1ccccc1C(=O)CC2CO. The first-order valence-electron chi connectivity index (χ1n) is 7.00. The number of Topliss-reactive ketones (excluding diaryl/α,β-unsaturated/α-hetero) is 1. The number of fused-ring (bicyclic) bond motifs is 2. The Morgan fingerprint density at radius 3 is 2.55 bits per heavy atom. The maximum Gasteiger partial charge on any atom is 0.201 e. The number of ether oxygens (including phenoxy) is 2. The number of carbonyl (C=O) groups is 1. The van der Waals surface area contributed by atoms with E-state index >= 15 is 0 Å². The molecule has 108 valence electrons. The summed E-state index contributed by atoms with van der Waals surface area (Å²) in [4.78, 5) is 12.2. The zero-order valence-electron chi connectivity index (χ0n) is 11.9. The van der Waals surface area contributed by atoms with Crippen LogP contribution in [0, 0.1) is 11.3 Å². The van der Waals surface area contributed by atoms with Gasteiger partial charge in [0.05, 0.1) is 19.8 Å². The van der Waals surface area contributed by atoms with E-state index in [1.165, 1.54) is 0 Å². The van der Waals surface area contributed by atoms with Crippen molar-refractivity contribution in [3.8, 4) is 0 Å². The van der Waals surface area contributed by atoms with Gasteiger partial charge in [0, 0.05) is 28.9 Å². The van der Waals surface area contributed by atoms with Gasteiger partial charge in [0.25, 0.3) is 0 Å². The number of rotatable bonds is 1. The molecule has 0 radical (unpaired) electrons. The van der Waals surface area contributed by atoms with Crippen molar-refractivity contribution >= 4 is 5.78 Å². The highest BCUT2D eigenvalue weighted by Gasteiger charge is 2.52. The van der Waals surface area contributed by atoms with Crippen LogP contribution in [0.3, 0.4) is 0 Å². The van der Waals surface area contributed by atoms with Gasteiger partial charge in [-0.25, -0.2) is 0 Å². The monoisotopic (exact) mass is 276 g/mol. The first kappa shape index (κ1) is 13.7. The largest absolute Gasteiger partial charge is 0.396 e. The molecule has 0 saturated carbocycles. The van der Waals surface area contributed by atoms with E-state index in [2.05, 4.69) is 13.8 Å². The average molecular weight is 276 g/mol. The lowest BCUT2D eigenvalue weighted by molar-refractivity contribution is -0.336. The van der Waals surface area contributed by atoms with Crippen molar-refractivity contribution in [2.45, 2.75) is 26.1 Å². The minimum absolute atomic E-state index is 0.0438. The maximum atomic E-state index is 12.2. The number of ketones is 1. The molecule has 4 nitrogen and oxygen atoms in total. The highest BCUT2D eigenvalue weighted by molar-refractivity contribution is 5.99. The molecule has 1 fully saturated rings. The molecule has 1 atom stereocenters. The van der Waals surface area contributed by atoms with Crippen LogP contribution < -0.4 is 0 Å². The van der Waals surface area contributed by atoms with Crippen molar-refractivity contribution in [3.63, 3.8) is 0 Å². The molecule has 1 N–H and O–H groups in total. The maximum absolute atomic E-state index is 12.2. The summed E-state index contributed by atoms with van der Waals surface area (Å²) in [5, 5.41) is 9.67. The molecule has 3 rings (SSSR count). The zero-order valence-corrected chi connectivity index (χ0v) is 11.9. The Kier molecular flexibility index (Phi) is 3.20. The zero-order chi connectivity index (χ0) is 14.4. The third-order valence-corrected chi connectivity index (χ3v) is 4.15. The molecule has 0 amide bonds. The van der Waals surface area contributed by atoms with Crippen molar-refractivity contribution in [1.29, 1.82) is 0 Å². The van der Waals surface area contributed by atoms with Crippen LogP contribution in [-0.4, -0.2) is 30.7 Å². The van der Waals surface area contributed by atoms with E-state index in [9.17, 15) is 9.90 Å². The summed E-state index contributed by atoms with van der Waals surface area (Å²) in [7, 11) is 0. The Bertz CT molecular complexity index is 525. The van der Waals surface area contributed by atoms with Gasteiger partial charge in [-0.3, -0.25) is 4.79 Å². The summed E-state index contributed by atoms with van der Waals surface area (Å²) in [5.41, 5.74) is 1.35. The second kappa shape index (κ2) is 4.65. The number of hydrogen-bond acceptors (Lipinski definition) is 4. The third kappa shape index (κ3) is 1.99. The molecule has 1 aliphatic carbocycles. The molecule has 2 aliphatic rings. The number of aliphatic hydroxyl groups excluding tert-OH is 1. The van der Waals surface area contributed by atoms with Crippen LogP contribution in [0.4, 0.5) is 0 Å². The van der Waals surface area contributed by atoms with Crippen LogP contribution in [0.2, 0.25) is 0 Å². The Morgan fingerprint density at radius 2 is 1.90 bits per heavy atom. The lowest BCUT2D eigenvalue weighted by Crippen LogP contribution is -2.53. The van der Waals surface area contributed by atoms with Gasteiger partial charge in [0.2, 0.25) is 5.79 Å². The molecule has 20 heavy (non-hydrogen) atoms. The Balaban J connectivity index is 2.07. The molecule has 4 heteroatoms. The average Bonchev–Trinajstić information content (AvgIpc) is 2.45. The first-order chi connectivity index (χ1) is 9.48. The normalized spacial score (nSPS) is 27.4. The number of aliphatic hydroxyl groups is 1. The third-order valence-electron chi connectivity index (χ3n) is 4.15. The second-order valence-corrected chi connectivity index (χ2v) is 6.46. The van der Waals surface area contributed by atoms with E-state index < -0.39 is 5.79 Å². The van der Waals surface area contributed by atoms with Gasteiger partial charge in [-0.2, -0.15) is 0 Å². The number of benzene rings is 1. The van der Waals surface area contributed by atoms with E-state index in [0.29, 0.717) is 18.8 Å². The van der Waals surface area contributed by atoms with Crippen LogP contribution in [0.5, 0.6) is 0 Å². The van der Waals surface area contributed by atoms with Gasteiger partial charge >= 0.3 is 0 Å². The second-order valence-electron chi connectivity index (χ2n) is 6.46. The fourth-order valence-corrected chi connectivity index (χ4v) is 2.98. The summed E-state index contributed by atoms with van der Waals surface area (Å²) in [6.07, 6.45) is 0.258. The molecule has 1 heterocycles. The summed E-state index contributed by atoms with van der Waals surface area (Å²) >= 11 is 0. The van der Waals surface area contributed by atoms with Crippen LogP contribution >= 0.6 is 0 Å². The molecule has 1 saturated heterocycles. The van der Waals surface area contributed by atoms with Gasteiger partial charge in [-0.05, 0) is 0 Å². The Hall–Kier alpha value is -1.23. The Morgan fingerprint density at radius 1 is 1.25 bits per heavy atom. The Labute approximate surface area is 118 Å². The summed E-state index contributed by atoms with van der Waals surface area (Å²) in [6.45, 7) is 5.12. The minimum Gasteiger partial charge on any atom is -0.396 e. The number of carbonyl (C=O) groups excluding carboxylic acids is 1. The lowest BCUT2D eigenvalue weighted by atomic mass is 9.77. The highest BCUT2D eigenvalue weighted by Crippen LogP contribution is 2.47. The van der Waals surface area contributed by atoms with Crippen molar-refractivity contribution in [1.82, 2.24) is 0 Å². The van der Waals surface area contributed by atoms with Crippen LogP contribution in [0.1, 0.15) is 36.2 Å². The molecule has 0 bridgehead atoms. The van der Waals surface area contributed by atoms with E-state index in [1.54, 1.807) is 6.07 Å². The fourth-order valence-electron chi connectivity index (χ4n) is 2.98. The highest BCUT2D eigenvalue weighted by atomic mass is 16.7. The molecule has 1 unspecified atom stereocenters. The van der Waals surface area contributed by atoms with Crippen molar-refractivity contribution in [3.05, 3.63) is 35.4 Å². The number of hydrogen-bond donors (Lipinski definition) is 1. The molecule has 1 spiro atoms. The van der Waals surface area contributed by atoms with Gasteiger partial charge in [0.1, 0.15) is 0 Å². The smallest absolute Gasteiger partial charge is 0.201 e. The summed E-state index contributed by atoms with van der Waals surface area (Å²) in [6, 6.07) is 7.39. The summed E-state index contributed by atoms with van der Waals surface area (Å²) < 4.78 is 12.1. The predicted molar refractivity (Wildman–Crippen MR) is 73.3 cm³/mol. The van der Waals surface area contributed by atoms with E-state index in [-0.39, 0.29) is 30.1 Å². The van der Waals surface area contributed by atoms with Gasteiger partial charge < -0.3 is 14.6 Å². The molecule has 1 aromatic rings. The molecule has 1 aliphatic heterocycles. The van der Waals surface area contributed by atoms with Gasteiger partial charge in [-0.1, -0.05) is 38.1 Å². The fraction of sp³-hybridized carbons (Fsp3) is 0.562. The van der Waals surface area contributed by atoms with Gasteiger partial charge in [0.15, 0.2) is 5.78 Å². The van der Waals surface area contributed by atoms with Crippen molar-refractivity contribution in [2.75, 3.05) is 19.8 Å².